The molecule has 1 heterocycles. The summed E-state index contributed by atoms with van der Waals surface area (Å²) in [5.74, 6) is -0.566. The molecule has 0 spiro atoms. The number of benzene rings is 1. The summed E-state index contributed by atoms with van der Waals surface area (Å²) in [6.45, 7) is 1.25. The Morgan fingerprint density at radius 3 is 2.72 bits per heavy atom. The number of thiazole rings is 1. The zero-order valence-corrected chi connectivity index (χ0v) is 10.7. The van der Waals surface area contributed by atoms with Crippen LogP contribution < -0.4 is 0 Å². The smallest absolute Gasteiger partial charge is 0.358 e. The molecular weight excluding hydrogens is 253 g/mol. The van der Waals surface area contributed by atoms with Crippen LogP contribution in [0.15, 0.2) is 30.3 Å². The Morgan fingerprint density at radius 1 is 1.39 bits per heavy atom. The molecule has 18 heavy (non-hydrogen) atoms. The highest BCUT2D eigenvalue weighted by molar-refractivity contribution is 7.15. The Hall–Kier alpha value is -1.75. The number of aromatic nitrogens is 1. The third-order valence-corrected chi connectivity index (χ3v) is 3.38. The van der Waals surface area contributed by atoms with E-state index in [9.17, 15) is 9.18 Å². The second-order valence-electron chi connectivity index (χ2n) is 3.51. The lowest BCUT2D eigenvalue weighted by molar-refractivity contribution is 0.0518. The van der Waals surface area contributed by atoms with Crippen molar-refractivity contribution in [1.82, 2.24) is 4.98 Å². The Morgan fingerprint density at radius 2 is 2.11 bits per heavy atom. The Bertz CT molecular complexity index is 539. The van der Waals surface area contributed by atoms with Crippen molar-refractivity contribution < 1.29 is 13.9 Å². The number of ether oxygens (including phenoxy) is 1. The van der Waals surface area contributed by atoms with Crippen molar-refractivity contribution >= 4 is 17.3 Å². The third kappa shape index (κ3) is 2.56. The molecule has 2 rings (SSSR count). The van der Waals surface area contributed by atoms with Crippen molar-refractivity contribution in [1.29, 1.82) is 0 Å². The highest BCUT2D eigenvalue weighted by atomic mass is 32.1. The number of nitrogens with zero attached hydrogens (tertiary/aromatic N) is 1. The average molecular weight is 265 g/mol. The SMILES string of the molecule is CCOC(=O)c1nc(-c2ccccc2)sc1CF. The van der Waals surface area contributed by atoms with Crippen LogP contribution in [0.1, 0.15) is 22.3 Å². The van der Waals surface area contributed by atoms with Crippen LogP contribution in [0, 0.1) is 0 Å². The van der Waals surface area contributed by atoms with Gasteiger partial charge in [0.15, 0.2) is 5.69 Å². The van der Waals surface area contributed by atoms with Gasteiger partial charge in [-0.05, 0) is 6.92 Å². The van der Waals surface area contributed by atoms with Gasteiger partial charge in [0.25, 0.3) is 0 Å². The van der Waals surface area contributed by atoms with Crippen molar-refractivity contribution in [2.45, 2.75) is 13.6 Å². The molecule has 0 bridgehead atoms. The second kappa shape index (κ2) is 5.73. The Balaban J connectivity index is 2.38. The molecule has 0 aliphatic rings. The molecule has 1 aromatic heterocycles. The van der Waals surface area contributed by atoms with Crippen molar-refractivity contribution in [2.24, 2.45) is 0 Å². The monoisotopic (exact) mass is 265 g/mol. The van der Waals surface area contributed by atoms with E-state index in [1.165, 1.54) is 11.3 Å². The zero-order valence-electron chi connectivity index (χ0n) is 9.85. The minimum absolute atomic E-state index is 0.0863. The van der Waals surface area contributed by atoms with Gasteiger partial charge in [0.05, 0.1) is 11.5 Å². The van der Waals surface area contributed by atoms with Gasteiger partial charge in [-0.2, -0.15) is 0 Å². The number of hydrogen-bond acceptors (Lipinski definition) is 4. The lowest BCUT2D eigenvalue weighted by Gasteiger charge is -1.98. The fourth-order valence-corrected chi connectivity index (χ4v) is 2.41. The molecule has 0 N–H and O–H groups in total. The van der Waals surface area contributed by atoms with Gasteiger partial charge in [-0.1, -0.05) is 30.3 Å². The van der Waals surface area contributed by atoms with Gasteiger partial charge >= 0.3 is 5.97 Å². The fraction of sp³-hybridized carbons (Fsp3) is 0.231. The number of carbonyl (C=O) groups is 1. The van der Waals surface area contributed by atoms with E-state index >= 15 is 0 Å². The number of esters is 1. The first-order valence-electron chi connectivity index (χ1n) is 5.54. The maximum Gasteiger partial charge on any atom is 0.358 e. The summed E-state index contributed by atoms with van der Waals surface area (Å²) in [5.41, 5.74) is 0.955. The molecule has 0 unspecified atom stereocenters. The minimum Gasteiger partial charge on any atom is -0.461 e. The number of alkyl halides is 1. The molecule has 3 nitrogen and oxygen atoms in total. The Labute approximate surface area is 108 Å². The Kier molecular flexibility index (Phi) is 4.04. The van der Waals surface area contributed by atoms with Crippen LogP contribution >= 0.6 is 11.3 Å². The first-order valence-corrected chi connectivity index (χ1v) is 6.36. The van der Waals surface area contributed by atoms with E-state index in [4.69, 9.17) is 4.74 Å². The van der Waals surface area contributed by atoms with E-state index in [0.717, 1.165) is 5.56 Å². The minimum atomic E-state index is -0.710. The number of hydrogen-bond donors (Lipinski definition) is 0. The lowest BCUT2D eigenvalue weighted by Crippen LogP contribution is -2.07. The third-order valence-electron chi connectivity index (χ3n) is 2.31. The molecular formula is C13H12FNO2S. The van der Waals surface area contributed by atoms with Crippen LogP contribution in [-0.4, -0.2) is 17.6 Å². The van der Waals surface area contributed by atoms with E-state index in [0.29, 0.717) is 9.88 Å². The van der Waals surface area contributed by atoms with Gasteiger partial charge in [-0.15, -0.1) is 11.3 Å². The molecule has 0 saturated carbocycles. The van der Waals surface area contributed by atoms with Crippen molar-refractivity contribution in [2.75, 3.05) is 6.61 Å². The summed E-state index contributed by atoms with van der Waals surface area (Å²) < 4.78 is 17.7. The van der Waals surface area contributed by atoms with E-state index in [1.54, 1.807) is 6.92 Å². The highest BCUT2D eigenvalue weighted by Gasteiger charge is 2.19. The molecule has 94 valence electrons. The van der Waals surface area contributed by atoms with Crippen LogP contribution in [-0.2, 0) is 11.4 Å². The molecule has 0 amide bonds. The standard InChI is InChI=1S/C13H12FNO2S/c1-2-17-13(16)11-10(8-14)18-12(15-11)9-6-4-3-5-7-9/h3-7H,2,8H2,1H3. The van der Waals surface area contributed by atoms with E-state index in [2.05, 4.69) is 4.98 Å². The summed E-state index contributed by atoms with van der Waals surface area (Å²) in [6, 6.07) is 9.37. The average Bonchev–Trinajstić information content (AvgIpc) is 2.84. The second-order valence-corrected chi connectivity index (χ2v) is 4.59. The largest absolute Gasteiger partial charge is 0.461 e. The topological polar surface area (TPSA) is 39.2 Å². The molecule has 0 atom stereocenters. The number of rotatable bonds is 4. The normalized spacial score (nSPS) is 10.3. The summed E-state index contributed by atoms with van der Waals surface area (Å²) in [7, 11) is 0. The lowest BCUT2D eigenvalue weighted by atomic mass is 10.2. The maximum absolute atomic E-state index is 12.9. The van der Waals surface area contributed by atoms with E-state index < -0.39 is 12.6 Å². The van der Waals surface area contributed by atoms with Crippen molar-refractivity contribution in [3.05, 3.63) is 40.9 Å². The summed E-state index contributed by atoms with van der Waals surface area (Å²) in [4.78, 5) is 16.1. The molecule has 5 heteroatoms. The predicted octanol–water partition coefficient (Wildman–Crippen LogP) is 3.46. The first kappa shape index (κ1) is 12.7. The first-order chi connectivity index (χ1) is 8.76. The van der Waals surface area contributed by atoms with Crippen molar-refractivity contribution in [3.8, 4) is 10.6 Å². The van der Waals surface area contributed by atoms with Crippen LogP contribution in [0.5, 0.6) is 0 Å². The van der Waals surface area contributed by atoms with E-state index in [-0.39, 0.29) is 12.3 Å². The summed E-state index contributed by atoms with van der Waals surface area (Å²) >= 11 is 1.18. The molecule has 1 aromatic carbocycles. The molecule has 0 saturated heterocycles. The van der Waals surface area contributed by atoms with Gasteiger partial charge in [0, 0.05) is 5.56 Å². The molecule has 0 aliphatic carbocycles. The summed E-state index contributed by atoms with van der Waals surface area (Å²) in [5, 5.41) is 0.631. The number of halogens is 1. The van der Waals surface area contributed by atoms with Crippen molar-refractivity contribution in [3.63, 3.8) is 0 Å². The van der Waals surface area contributed by atoms with Gasteiger partial charge in [0.1, 0.15) is 11.7 Å². The predicted molar refractivity (Wildman–Crippen MR) is 68.3 cm³/mol. The number of carbonyl (C=O) groups excluding carboxylic acids is 1. The van der Waals surface area contributed by atoms with Gasteiger partial charge in [-0.25, -0.2) is 14.2 Å². The van der Waals surface area contributed by atoms with Crippen LogP contribution in [0.2, 0.25) is 0 Å². The van der Waals surface area contributed by atoms with Gasteiger partial charge < -0.3 is 4.74 Å². The van der Waals surface area contributed by atoms with Gasteiger partial charge in [0.2, 0.25) is 0 Å². The summed E-state index contributed by atoms with van der Waals surface area (Å²) in [6.07, 6.45) is 0. The van der Waals surface area contributed by atoms with Crippen LogP contribution in [0.25, 0.3) is 10.6 Å². The maximum atomic E-state index is 12.9. The molecule has 0 fully saturated rings. The van der Waals surface area contributed by atoms with Gasteiger partial charge in [-0.3, -0.25) is 0 Å². The highest BCUT2D eigenvalue weighted by Crippen LogP contribution is 2.29. The van der Waals surface area contributed by atoms with Crippen LogP contribution in [0.3, 0.4) is 0 Å². The molecule has 0 radical (unpaired) electrons. The molecule has 2 aromatic rings. The zero-order chi connectivity index (χ0) is 13.0. The van der Waals surface area contributed by atoms with Crippen LogP contribution in [0.4, 0.5) is 4.39 Å². The quantitative estimate of drug-likeness (QED) is 0.795. The molecule has 0 aliphatic heterocycles. The fourth-order valence-electron chi connectivity index (χ4n) is 1.51. The van der Waals surface area contributed by atoms with E-state index in [1.807, 2.05) is 30.3 Å².